The normalized spacial score (nSPS) is 11.6. The number of guanidine groups is 1. The summed E-state index contributed by atoms with van der Waals surface area (Å²) in [4.78, 5) is 5.76. The van der Waals surface area contributed by atoms with Crippen LogP contribution in [0.15, 0.2) is 20.9 Å². The third-order valence-corrected chi connectivity index (χ3v) is 3.72. The zero-order valence-electron chi connectivity index (χ0n) is 10.8. The van der Waals surface area contributed by atoms with Crippen molar-refractivity contribution in [3.05, 3.63) is 20.8 Å². The predicted octanol–water partition coefficient (Wildman–Crippen LogP) is 2.60. The Kier molecular flexibility index (Phi) is 8.04. The van der Waals surface area contributed by atoms with E-state index in [0.29, 0.717) is 13.2 Å². The van der Waals surface area contributed by atoms with E-state index in [0.717, 1.165) is 29.4 Å². The number of aliphatic imine (C=N–C) groups is 1. The largest absolute Gasteiger partial charge is 0.380 e. The molecule has 102 valence electrons. The van der Waals surface area contributed by atoms with E-state index in [2.05, 4.69) is 44.5 Å². The molecule has 0 spiro atoms. The summed E-state index contributed by atoms with van der Waals surface area (Å²) in [6.07, 6.45) is 0. The number of ether oxygens (including phenoxy) is 1. The summed E-state index contributed by atoms with van der Waals surface area (Å²) < 4.78 is 6.42. The van der Waals surface area contributed by atoms with Crippen molar-refractivity contribution in [2.75, 3.05) is 26.3 Å². The summed E-state index contributed by atoms with van der Waals surface area (Å²) in [5.74, 6) is 0.835. The molecule has 0 saturated heterocycles. The van der Waals surface area contributed by atoms with Crippen molar-refractivity contribution in [1.29, 1.82) is 0 Å². The number of halogens is 1. The molecule has 0 aliphatic heterocycles. The molecule has 1 heterocycles. The molecular weight excluding hydrogens is 314 g/mol. The minimum atomic E-state index is 0.695. The molecule has 0 atom stereocenters. The molecule has 1 aromatic heterocycles. The fraction of sp³-hybridized carbons (Fsp3) is 0.583. The molecule has 2 N–H and O–H groups in total. The van der Waals surface area contributed by atoms with Crippen molar-refractivity contribution in [3.63, 3.8) is 0 Å². The lowest BCUT2D eigenvalue weighted by molar-refractivity contribution is 0.152. The average Bonchev–Trinajstić information content (AvgIpc) is 2.77. The van der Waals surface area contributed by atoms with Gasteiger partial charge in [0.05, 0.1) is 16.9 Å². The van der Waals surface area contributed by atoms with Crippen LogP contribution in [0.2, 0.25) is 0 Å². The Morgan fingerprint density at radius 1 is 1.39 bits per heavy atom. The summed E-state index contributed by atoms with van der Waals surface area (Å²) >= 11 is 5.16. The van der Waals surface area contributed by atoms with Crippen LogP contribution in [-0.4, -0.2) is 32.3 Å². The number of rotatable bonds is 7. The molecule has 4 nitrogen and oxygen atoms in total. The zero-order valence-corrected chi connectivity index (χ0v) is 13.2. The summed E-state index contributed by atoms with van der Waals surface area (Å²) in [5, 5.41) is 6.45. The SMILES string of the molecule is CCNC(=NCc1ccc(Br)s1)NCCOCC. The first-order chi connectivity index (χ1) is 8.76. The first-order valence-corrected chi connectivity index (χ1v) is 7.71. The summed E-state index contributed by atoms with van der Waals surface area (Å²) in [6, 6.07) is 4.13. The van der Waals surface area contributed by atoms with Gasteiger partial charge in [-0.2, -0.15) is 0 Å². The minimum absolute atomic E-state index is 0.695. The number of thiophene rings is 1. The van der Waals surface area contributed by atoms with Crippen molar-refractivity contribution < 1.29 is 4.74 Å². The third kappa shape index (κ3) is 6.37. The molecule has 0 aliphatic rings. The highest BCUT2D eigenvalue weighted by Crippen LogP contribution is 2.22. The van der Waals surface area contributed by atoms with Crippen molar-refractivity contribution in [2.24, 2.45) is 4.99 Å². The van der Waals surface area contributed by atoms with Gasteiger partial charge >= 0.3 is 0 Å². The molecule has 0 aromatic carbocycles. The van der Waals surface area contributed by atoms with E-state index in [4.69, 9.17) is 4.74 Å². The Morgan fingerprint density at radius 2 is 2.22 bits per heavy atom. The van der Waals surface area contributed by atoms with Crippen LogP contribution >= 0.6 is 27.3 Å². The molecule has 6 heteroatoms. The van der Waals surface area contributed by atoms with Crippen molar-refractivity contribution in [2.45, 2.75) is 20.4 Å². The average molecular weight is 334 g/mol. The summed E-state index contributed by atoms with van der Waals surface area (Å²) in [7, 11) is 0. The standard InChI is InChI=1S/C12H20BrN3OS/c1-3-14-12(15-7-8-17-4-2)16-9-10-5-6-11(13)18-10/h5-6H,3-4,7-9H2,1-2H3,(H2,14,15,16). The first-order valence-electron chi connectivity index (χ1n) is 6.10. The van der Waals surface area contributed by atoms with Crippen LogP contribution in [-0.2, 0) is 11.3 Å². The van der Waals surface area contributed by atoms with E-state index in [-0.39, 0.29) is 0 Å². The van der Waals surface area contributed by atoms with Gasteiger partial charge in [0, 0.05) is 24.6 Å². The highest BCUT2D eigenvalue weighted by Gasteiger charge is 1.99. The first kappa shape index (κ1) is 15.5. The van der Waals surface area contributed by atoms with Gasteiger partial charge in [0.1, 0.15) is 0 Å². The predicted molar refractivity (Wildman–Crippen MR) is 81.3 cm³/mol. The van der Waals surface area contributed by atoms with Crippen LogP contribution in [0.25, 0.3) is 0 Å². The monoisotopic (exact) mass is 333 g/mol. The maximum atomic E-state index is 5.28. The lowest BCUT2D eigenvalue weighted by atomic mass is 10.5. The molecule has 0 saturated carbocycles. The van der Waals surface area contributed by atoms with Gasteiger partial charge < -0.3 is 15.4 Å². The van der Waals surface area contributed by atoms with E-state index >= 15 is 0 Å². The maximum absolute atomic E-state index is 5.28. The fourth-order valence-corrected chi connectivity index (χ4v) is 2.73. The molecule has 0 fully saturated rings. The van der Waals surface area contributed by atoms with E-state index in [1.165, 1.54) is 4.88 Å². The van der Waals surface area contributed by atoms with Gasteiger partial charge in [-0.15, -0.1) is 11.3 Å². The van der Waals surface area contributed by atoms with Gasteiger partial charge in [0.2, 0.25) is 0 Å². The zero-order chi connectivity index (χ0) is 13.2. The second-order valence-corrected chi connectivity index (χ2v) is 6.07. The smallest absolute Gasteiger partial charge is 0.191 e. The molecular formula is C12H20BrN3OS. The van der Waals surface area contributed by atoms with Crippen LogP contribution in [0.1, 0.15) is 18.7 Å². The van der Waals surface area contributed by atoms with E-state index in [1.54, 1.807) is 11.3 Å². The van der Waals surface area contributed by atoms with Crippen molar-refractivity contribution in [3.8, 4) is 0 Å². The van der Waals surface area contributed by atoms with Crippen molar-refractivity contribution >= 4 is 33.2 Å². The summed E-state index contributed by atoms with van der Waals surface area (Å²) in [5.41, 5.74) is 0. The Morgan fingerprint density at radius 3 is 2.83 bits per heavy atom. The quantitative estimate of drug-likeness (QED) is 0.458. The molecule has 0 bridgehead atoms. The Balaban J connectivity index is 2.39. The van der Waals surface area contributed by atoms with Gasteiger partial charge in [-0.05, 0) is 41.9 Å². The van der Waals surface area contributed by atoms with Crippen molar-refractivity contribution in [1.82, 2.24) is 10.6 Å². The highest BCUT2D eigenvalue weighted by molar-refractivity contribution is 9.11. The van der Waals surface area contributed by atoms with Crippen LogP contribution in [0.5, 0.6) is 0 Å². The Bertz CT molecular complexity index is 368. The van der Waals surface area contributed by atoms with E-state index in [1.807, 2.05) is 13.0 Å². The van der Waals surface area contributed by atoms with E-state index in [9.17, 15) is 0 Å². The van der Waals surface area contributed by atoms with Crippen LogP contribution in [0.3, 0.4) is 0 Å². The number of hydrogen-bond donors (Lipinski definition) is 2. The van der Waals surface area contributed by atoms with Crippen LogP contribution in [0, 0.1) is 0 Å². The van der Waals surface area contributed by atoms with Gasteiger partial charge in [-0.3, -0.25) is 0 Å². The Labute approximate surface area is 121 Å². The third-order valence-electron chi connectivity index (χ3n) is 2.11. The molecule has 0 unspecified atom stereocenters. The highest BCUT2D eigenvalue weighted by atomic mass is 79.9. The number of nitrogens with one attached hydrogen (secondary N) is 2. The molecule has 1 rings (SSSR count). The number of nitrogens with zero attached hydrogens (tertiary/aromatic N) is 1. The lowest BCUT2D eigenvalue weighted by Crippen LogP contribution is -2.38. The lowest BCUT2D eigenvalue weighted by Gasteiger charge is -2.10. The summed E-state index contributed by atoms with van der Waals surface area (Å²) in [6.45, 7) is 7.82. The van der Waals surface area contributed by atoms with Gasteiger partial charge in [-0.1, -0.05) is 0 Å². The molecule has 0 aliphatic carbocycles. The minimum Gasteiger partial charge on any atom is -0.380 e. The number of hydrogen-bond acceptors (Lipinski definition) is 3. The van der Waals surface area contributed by atoms with Gasteiger partial charge in [0.15, 0.2) is 5.96 Å². The topological polar surface area (TPSA) is 45.7 Å². The molecule has 1 aromatic rings. The fourth-order valence-electron chi connectivity index (χ4n) is 1.32. The van der Waals surface area contributed by atoms with Gasteiger partial charge in [-0.25, -0.2) is 4.99 Å². The van der Waals surface area contributed by atoms with E-state index < -0.39 is 0 Å². The second kappa shape index (κ2) is 9.35. The maximum Gasteiger partial charge on any atom is 0.191 e. The molecule has 0 radical (unpaired) electrons. The second-order valence-electron chi connectivity index (χ2n) is 3.52. The van der Waals surface area contributed by atoms with Gasteiger partial charge in [0.25, 0.3) is 0 Å². The van der Waals surface area contributed by atoms with Crippen LogP contribution < -0.4 is 10.6 Å². The molecule has 0 amide bonds. The van der Waals surface area contributed by atoms with Crippen LogP contribution in [0.4, 0.5) is 0 Å². The Hall–Kier alpha value is -0.590. The molecule has 18 heavy (non-hydrogen) atoms.